The van der Waals surface area contributed by atoms with E-state index in [1.54, 1.807) is 12.1 Å². The second-order valence-electron chi connectivity index (χ2n) is 5.41. The SMILES string of the molecule is Cc1nc(-c2ccc(F)cc2)nc2c1CC(CN)CC2. The minimum atomic E-state index is -0.241. The zero-order chi connectivity index (χ0) is 14.1. The van der Waals surface area contributed by atoms with Crippen LogP contribution >= 0.6 is 0 Å². The second kappa shape index (κ2) is 5.29. The summed E-state index contributed by atoms with van der Waals surface area (Å²) in [5.74, 6) is 0.989. The van der Waals surface area contributed by atoms with Crippen LogP contribution in [0.3, 0.4) is 0 Å². The van der Waals surface area contributed by atoms with Crippen molar-refractivity contribution in [3.05, 3.63) is 47.0 Å². The summed E-state index contributed by atoms with van der Waals surface area (Å²) in [7, 11) is 0. The van der Waals surface area contributed by atoms with E-state index >= 15 is 0 Å². The first kappa shape index (κ1) is 13.2. The molecule has 1 atom stereocenters. The number of halogens is 1. The minimum absolute atomic E-state index is 0.241. The quantitative estimate of drug-likeness (QED) is 0.913. The van der Waals surface area contributed by atoms with E-state index in [0.717, 1.165) is 42.8 Å². The molecule has 3 nitrogen and oxygen atoms in total. The molecule has 2 N–H and O–H groups in total. The van der Waals surface area contributed by atoms with Crippen LogP contribution in [-0.4, -0.2) is 16.5 Å². The number of hydrogen-bond acceptors (Lipinski definition) is 3. The average molecular weight is 271 g/mol. The van der Waals surface area contributed by atoms with Gasteiger partial charge in [0.25, 0.3) is 0 Å². The highest BCUT2D eigenvalue weighted by Gasteiger charge is 2.22. The summed E-state index contributed by atoms with van der Waals surface area (Å²) >= 11 is 0. The normalized spacial score (nSPS) is 17.9. The Morgan fingerprint density at radius 1 is 1.25 bits per heavy atom. The number of nitrogens with two attached hydrogens (primary N) is 1. The van der Waals surface area contributed by atoms with Crippen LogP contribution in [-0.2, 0) is 12.8 Å². The van der Waals surface area contributed by atoms with E-state index < -0.39 is 0 Å². The van der Waals surface area contributed by atoms with Crippen molar-refractivity contribution >= 4 is 0 Å². The Bertz CT molecular complexity index is 622. The lowest BCUT2D eigenvalue weighted by molar-refractivity contribution is 0.460. The van der Waals surface area contributed by atoms with Gasteiger partial charge >= 0.3 is 0 Å². The third kappa shape index (κ3) is 2.43. The molecule has 0 fully saturated rings. The van der Waals surface area contributed by atoms with E-state index in [4.69, 9.17) is 5.73 Å². The first-order valence-corrected chi connectivity index (χ1v) is 6.99. The van der Waals surface area contributed by atoms with Crippen LogP contribution in [0, 0.1) is 18.7 Å². The van der Waals surface area contributed by atoms with Crippen molar-refractivity contribution in [3.63, 3.8) is 0 Å². The maximum Gasteiger partial charge on any atom is 0.159 e. The van der Waals surface area contributed by atoms with Gasteiger partial charge in [0, 0.05) is 17.0 Å². The van der Waals surface area contributed by atoms with Crippen LogP contribution < -0.4 is 5.73 Å². The van der Waals surface area contributed by atoms with Crippen molar-refractivity contribution in [2.24, 2.45) is 11.7 Å². The number of benzene rings is 1. The highest BCUT2D eigenvalue weighted by Crippen LogP contribution is 2.27. The van der Waals surface area contributed by atoms with Gasteiger partial charge in [0.15, 0.2) is 5.82 Å². The van der Waals surface area contributed by atoms with Crippen LogP contribution in [0.4, 0.5) is 4.39 Å². The molecule has 1 aliphatic rings. The summed E-state index contributed by atoms with van der Waals surface area (Å²) in [5.41, 5.74) is 10.0. The highest BCUT2D eigenvalue weighted by atomic mass is 19.1. The van der Waals surface area contributed by atoms with Crippen molar-refractivity contribution in [3.8, 4) is 11.4 Å². The summed E-state index contributed by atoms with van der Waals surface area (Å²) in [6.07, 6.45) is 3.01. The van der Waals surface area contributed by atoms with E-state index in [0.29, 0.717) is 11.7 Å². The molecule has 0 radical (unpaired) electrons. The maximum absolute atomic E-state index is 13.0. The van der Waals surface area contributed by atoms with Crippen LogP contribution in [0.15, 0.2) is 24.3 Å². The molecule has 0 aliphatic heterocycles. The fourth-order valence-corrected chi connectivity index (χ4v) is 2.79. The second-order valence-corrected chi connectivity index (χ2v) is 5.41. The fourth-order valence-electron chi connectivity index (χ4n) is 2.79. The fraction of sp³-hybridized carbons (Fsp3) is 0.375. The third-order valence-electron chi connectivity index (χ3n) is 4.02. The molecule has 1 heterocycles. The van der Waals surface area contributed by atoms with Gasteiger partial charge in [0.1, 0.15) is 5.82 Å². The molecule has 1 aliphatic carbocycles. The van der Waals surface area contributed by atoms with E-state index in [9.17, 15) is 4.39 Å². The largest absolute Gasteiger partial charge is 0.330 e. The van der Waals surface area contributed by atoms with Gasteiger partial charge in [-0.15, -0.1) is 0 Å². The van der Waals surface area contributed by atoms with Crippen molar-refractivity contribution in [2.75, 3.05) is 6.54 Å². The molecular formula is C16H18FN3. The number of aryl methyl sites for hydroxylation is 2. The Morgan fingerprint density at radius 3 is 2.70 bits per heavy atom. The van der Waals surface area contributed by atoms with Gasteiger partial charge in [-0.25, -0.2) is 14.4 Å². The molecule has 4 heteroatoms. The van der Waals surface area contributed by atoms with Crippen molar-refractivity contribution in [1.82, 2.24) is 9.97 Å². The maximum atomic E-state index is 13.0. The molecule has 2 aromatic rings. The minimum Gasteiger partial charge on any atom is -0.330 e. The van der Waals surface area contributed by atoms with Gasteiger partial charge in [0.2, 0.25) is 0 Å². The predicted molar refractivity (Wildman–Crippen MR) is 76.7 cm³/mol. The molecule has 20 heavy (non-hydrogen) atoms. The van der Waals surface area contributed by atoms with Gasteiger partial charge in [-0.05, 0) is 68.5 Å². The Labute approximate surface area is 118 Å². The molecule has 1 aromatic heterocycles. The summed E-state index contributed by atoms with van der Waals surface area (Å²) in [6, 6.07) is 6.33. The monoisotopic (exact) mass is 271 g/mol. The average Bonchev–Trinajstić information content (AvgIpc) is 2.47. The number of hydrogen-bond donors (Lipinski definition) is 1. The molecule has 0 bridgehead atoms. The molecule has 1 aromatic carbocycles. The molecule has 0 amide bonds. The van der Waals surface area contributed by atoms with E-state index in [-0.39, 0.29) is 5.82 Å². The Balaban J connectivity index is 2.00. The summed E-state index contributed by atoms with van der Waals surface area (Å²) in [4.78, 5) is 9.25. The number of aromatic nitrogens is 2. The molecule has 3 rings (SSSR count). The highest BCUT2D eigenvalue weighted by molar-refractivity contribution is 5.55. The summed E-state index contributed by atoms with van der Waals surface area (Å²) in [6.45, 7) is 2.74. The Morgan fingerprint density at radius 2 is 2.00 bits per heavy atom. The molecule has 0 saturated carbocycles. The lowest BCUT2D eigenvalue weighted by Crippen LogP contribution is -2.24. The lowest BCUT2D eigenvalue weighted by Gasteiger charge is -2.24. The van der Waals surface area contributed by atoms with E-state index in [1.807, 2.05) is 6.92 Å². The zero-order valence-electron chi connectivity index (χ0n) is 11.6. The molecule has 104 valence electrons. The number of nitrogens with zero attached hydrogens (tertiary/aromatic N) is 2. The Hall–Kier alpha value is -1.81. The van der Waals surface area contributed by atoms with Crippen molar-refractivity contribution < 1.29 is 4.39 Å². The standard InChI is InChI=1S/C16H18FN3/c1-10-14-8-11(9-18)2-7-15(14)20-16(19-10)12-3-5-13(17)6-4-12/h3-6,11H,2,7-9,18H2,1H3. The first-order chi connectivity index (χ1) is 9.67. The summed E-state index contributed by atoms with van der Waals surface area (Å²) < 4.78 is 13.0. The van der Waals surface area contributed by atoms with Crippen molar-refractivity contribution in [2.45, 2.75) is 26.2 Å². The molecule has 1 unspecified atom stereocenters. The van der Waals surface area contributed by atoms with Crippen molar-refractivity contribution in [1.29, 1.82) is 0 Å². The predicted octanol–water partition coefficient (Wildman–Crippen LogP) is 2.65. The topological polar surface area (TPSA) is 51.8 Å². The van der Waals surface area contributed by atoms with E-state index in [1.165, 1.54) is 17.7 Å². The van der Waals surface area contributed by atoms with Crippen LogP contribution in [0.25, 0.3) is 11.4 Å². The lowest BCUT2D eigenvalue weighted by atomic mass is 9.86. The van der Waals surface area contributed by atoms with Crippen LogP contribution in [0.1, 0.15) is 23.4 Å². The van der Waals surface area contributed by atoms with E-state index in [2.05, 4.69) is 9.97 Å². The van der Waals surface area contributed by atoms with Gasteiger partial charge in [0.05, 0.1) is 0 Å². The van der Waals surface area contributed by atoms with Gasteiger partial charge in [-0.1, -0.05) is 0 Å². The smallest absolute Gasteiger partial charge is 0.159 e. The third-order valence-corrected chi connectivity index (χ3v) is 4.02. The number of rotatable bonds is 2. The van der Waals surface area contributed by atoms with Crippen LogP contribution in [0.2, 0.25) is 0 Å². The zero-order valence-corrected chi connectivity index (χ0v) is 11.6. The molecule has 0 saturated heterocycles. The van der Waals surface area contributed by atoms with Gasteiger partial charge in [-0.3, -0.25) is 0 Å². The van der Waals surface area contributed by atoms with Crippen LogP contribution in [0.5, 0.6) is 0 Å². The number of fused-ring (bicyclic) bond motifs is 1. The van der Waals surface area contributed by atoms with Gasteiger partial charge < -0.3 is 5.73 Å². The molecular weight excluding hydrogens is 253 g/mol. The Kier molecular flexibility index (Phi) is 3.49. The first-order valence-electron chi connectivity index (χ1n) is 6.99. The van der Waals surface area contributed by atoms with Gasteiger partial charge in [-0.2, -0.15) is 0 Å². The molecule has 0 spiro atoms. The summed E-state index contributed by atoms with van der Waals surface area (Å²) in [5, 5.41) is 0.